The van der Waals surface area contributed by atoms with Gasteiger partial charge in [-0.1, -0.05) is 35.9 Å². The molecule has 1 heterocycles. The molecule has 0 spiro atoms. The van der Waals surface area contributed by atoms with E-state index < -0.39 is 18.7 Å². The molecule has 0 fully saturated rings. The van der Waals surface area contributed by atoms with Gasteiger partial charge in [-0.25, -0.2) is 0 Å². The zero-order chi connectivity index (χ0) is 20.4. The summed E-state index contributed by atoms with van der Waals surface area (Å²) in [6, 6.07) is 21.3. The number of amides is 1. The molecule has 3 aromatic rings. The Morgan fingerprint density at radius 2 is 1.72 bits per heavy atom. The van der Waals surface area contributed by atoms with E-state index in [1.54, 1.807) is 59.5 Å². The lowest BCUT2D eigenvalue weighted by Gasteiger charge is -2.38. The molecule has 6 nitrogen and oxygen atoms in total. The average molecular weight is 408 g/mol. The smallest absolute Gasteiger partial charge is 0.262 e. The number of nitrogens with one attached hydrogen (secondary N) is 1. The van der Waals surface area contributed by atoms with Crippen molar-refractivity contribution >= 4 is 34.9 Å². The SMILES string of the molecule is O=C([O-])COc1ccc([C@@H]2Nc3ccccc3C(=O)N2c2ccc(Cl)cc2)cc1. The van der Waals surface area contributed by atoms with E-state index in [0.29, 0.717) is 22.0 Å². The first-order valence-corrected chi connectivity index (χ1v) is 9.28. The normalized spacial score (nSPS) is 15.4. The van der Waals surface area contributed by atoms with Gasteiger partial charge in [-0.3, -0.25) is 9.69 Å². The zero-order valence-corrected chi connectivity index (χ0v) is 15.9. The minimum absolute atomic E-state index is 0.135. The van der Waals surface area contributed by atoms with Crippen LogP contribution in [0.1, 0.15) is 22.1 Å². The van der Waals surface area contributed by atoms with Gasteiger partial charge in [-0.2, -0.15) is 0 Å². The van der Waals surface area contributed by atoms with E-state index in [-0.39, 0.29) is 5.91 Å². The highest BCUT2D eigenvalue weighted by atomic mass is 35.5. The number of carboxylic acid groups (broad SMARTS) is 1. The topological polar surface area (TPSA) is 81.7 Å². The summed E-state index contributed by atoms with van der Waals surface area (Å²) in [5, 5.41) is 14.5. The highest BCUT2D eigenvalue weighted by Crippen LogP contribution is 2.37. The molecule has 0 aliphatic carbocycles. The first-order valence-electron chi connectivity index (χ1n) is 8.90. The van der Waals surface area contributed by atoms with E-state index in [1.165, 1.54) is 0 Å². The molecule has 1 amide bonds. The van der Waals surface area contributed by atoms with Crippen LogP contribution in [0.5, 0.6) is 5.75 Å². The van der Waals surface area contributed by atoms with Gasteiger partial charge in [0, 0.05) is 16.4 Å². The van der Waals surface area contributed by atoms with Gasteiger partial charge in [0.2, 0.25) is 0 Å². The van der Waals surface area contributed by atoms with Gasteiger partial charge in [0.25, 0.3) is 5.91 Å². The summed E-state index contributed by atoms with van der Waals surface area (Å²) >= 11 is 6.01. The maximum atomic E-state index is 13.3. The fraction of sp³-hybridized carbons (Fsp3) is 0.0909. The summed E-state index contributed by atoms with van der Waals surface area (Å²) in [6.45, 7) is -0.524. The molecule has 0 bridgehead atoms. The van der Waals surface area contributed by atoms with E-state index in [4.69, 9.17) is 16.3 Å². The summed E-state index contributed by atoms with van der Waals surface area (Å²) in [5.41, 5.74) is 2.82. The molecule has 1 aliphatic rings. The van der Waals surface area contributed by atoms with Crippen molar-refractivity contribution in [2.75, 3.05) is 16.8 Å². The maximum Gasteiger partial charge on any atom is 0.262 e. The number of hydrogen-bond acceptors (Lipinski definition) is 5. The molecule has 0 radical (unpaired) electrons. The number of para-hydroxylation sites is 1. The molecule has 146 valence electrons. The average Bonchev–Trinajstić information content (AvgIpc) is 2.73. The van der Waals surface area contributed by atoms with Crippen LogP contribution in [0.15, 0.2) is 72.8 Å². The van der Waals surface area contributed by atoms with Crippen molar-refractivity contribution in [3.05, 3.63) is 88.9 Å². The molecule has 0 aromatic heterocycles. The summed E-state index contributed by atoms with van der Waals surface area (Å²) < 4.78 is 5.13. The van der Waals surface area contributed by atoms with E-state index in [9.17, 15) is 14.7 Å². The van der Waals surface area contributed by atoms with Crippen molar-refractivity contribution in [1.82, 2.24) is 0 Å². The fourth-order valence-electron chi connectivity index (χ4n) is 3.24. The largest absolute Gasteiger partial charge is 0.546 e. The third kappa shape index (κ3) is 3.88. The number of carbonyl (C=O) groups is 2. The lowest BCUT2D eigenvalue weighted by Crippen LogP contribution is -2.43. The Hall–Kier alpha value is -3.51. The van der Waals surface area contributed by atoms with Crippen molar-refractivity contribution < 1.29 is 19.4 Å². The number of carbonyl (C=O) groups excluding carboxylic acids is 2. The molecule has 1 N–H and O–H groups in total. The van der Waals surface area contributed by atoms with Crippen LogP contribution >= 0.6 is 11.6 Å². The summed E-state index contributed by atoms with van der Waals surface area (Å²) in [4.78, 5) is 25.5. The van der Waals surface area contributed by atoms with Crippen LogP contribution in [0, 0.1) is 0 Å². The Balaban J connectivity index is 1.71. The van der Waals surface area contributed by atoms with Gasteiger partial charge in [0.1, 0.15) is 18.5 Å². The predicted octanol–water partition coefficient (Wildman–Crippen LogP) is 3.24. The second-order valence-electron chi connectivity index (χ2n) is 6.47. The number of ether oxygens (including phenoxy) is 1. The van der Waals surface area contributed by atoms with Crippen LogP contribution in [-0.4, -0.2) is 18.5 Å². The molecule has 0 saturated heterocycles. The molecule has 4 rings (SSSR count). The van der Waals surface area contributed by atoms with Crippen LogP contribution in [0.25, 0.3) is 0 Å². The lowest BCUT2D eigenvalue weighted by molar-refractivity contribution is -0.307. The van der Waals surface area contributed by atoms with Crippen LogP contribution < -0.4 is 20.1 Å². The van der Waals surface area contributed by atoms with Crippen LogP contribution in [0.2, 0.25) is 5.02 Å². The Morgan fingerprint density at radius 1 is 1.03 bits per heavy atom. The number of aliphatic carboxylic acids is 1. The molecular weight excluding hydrogens is 392 g/mol. The summed E-state index contributed by atoms with van der Waals surface area (Å²) in [7, 11) is 0. The highest BCUT2D eigenvalue weighted by molar-refractivity contribution is 6.30. The molecule has 0 saturated carbocycles. The monoisotopic (exact) mass is 407 g/mol. The Bertz CT molecular complexity index is 1050. The highest BCUT2D eigenvalue weighted by Gasteiger charge is 2.33. The quantitative estimate of drug-likeness (QED) is 0.702. The fourth-order valence-corrected chi connectivity index (χ4v) is 3.37. The predicted molar refractivity (Wildman–Crippen MR) is 108 cm³/mol. The van der Waals surface area contributed by atoms with Gasteiger partial charge in [-0.15, -0.1) is 0 Å². The van der Waals surface area contributed by atoms with Crippen molar-refractivity contribution in [2.24, 2.45) is 0 Å². The minimum atomic E-state index is -1.29. The second kappa shape index (κ2) is 7.85. The van der Waals surface area contributed by atoms with Gasteiger partial charge in [0.05, 0.1) is 11.5 Å². The first kappa shape index (κ1) is 18.8. The standard InChI is InChI=1S/C22H17ClN2O4/c23-15-7-9-16(10-8-15)25-21(24-19-4-2-1-3-18(19)22(25)28)14-5-11-17(12-6-14)29-13-20(26)27/h1-12,21,24H,13H2,(H,26,27)/p-1/t21-/m1/s1. The van der Waals surface area contributed by atoms with Gasteiger partial charge in [-0.05, 0) is 54.1 Å². The molecule has 3 aromatic carbocycles. The number of benzene rings is 3. The van der Waals surface area contributed by atoms with E-state index in [0.717, 1.165) is 11.3 Å². The molecule has 29 heavy (non-hydrogen) atoms. The van der Waals surface area contributed by atoms with Gasteiger partial charge in [0.15, 0.2) is 0 Å². The van der Waals surface area contributed by atoms with Crippen LogP contribution in [-0.2, 0) is 4.79 Å². The number of fused-ring (bicyclic) bond motifs is 1. The van der Waals surface area contributed by atoms with E-state index in [1.807, 2.05) is 18.2 Å². The molecule has 7 heteroatoms. The Kier molecular flexibility index (Phi) is 5.10. The Labute approximate surface area is 172 Å². The van der Waals surface area contributed by atoms with E-state index in [2.05, 4.69) is 5.32 Å². The number of anilines is 2. The Morgan fingerprint density at radius 3 is 2.41 bits per heavy atom. The lowest BCUT2D eigenvalue weighted by atomic mass is 10.0. The van der Waals surface area contributed by atoms with E-state index >= 15 is 0 Å². The molecular formula is C22H16ClN2O4-. The number of nitrogens with zero attached hydrogens (tertiary/aromatic N) is 1. The summed E-state index contributed by atoms with van der Waals surface area (Å²) in [6.07, 6.45) is -0.464. The number of hydrogen-bond donors (Lipinski definition) is 1. The molecule has 1 atom stereocenters. The zero-order valence-electron chi connectivity index (χ0n) is 15.2. The minimum Gasteiger partial charge on any atom is -0.546 e. The van der Waals surface area contributed by atoms with Crippen molar-refractivity contribution in [3.8, 4) is 5.75 Å². The van der Waals surface area contributed by atoms with Crippen LogP contribution in [0.3, 0.4) is 0 Å². The van der Waals surface area contributed by atoms with Crippen molar-refractivity contribution in [2.45, 2.75) is 6.17 Å². The molecule has 0 unspecified atom stereocenters. The third-order valence-corrected chi connectivity index (χ3v) is 4.84. The van der Waals surface area contributed by atoms with Gasteiger partial charge >= 0.3 is 0 Å². The maximum absolute atomic E-state index is 13.3. The number of carboxylic acids is 1. The molecule has 1 aliphatic heterocycles. The van der Waals surface area contributed by atoms with Crippen LogP contribution in [0.4, 0.5) is 11.4 Å². The second-order valence-corrected chi connectivity index (χ2v) is 6.91. The third-order valence-electron chi connectivity index (χ3n) is 4.58. The number of halogens is 1. The first-order chi connectivity index (χ1) is 14.0. The summed E-state index contributed by atoms with van der Waals surface area (Å²) in [5.74, 6) is -1.03. The van der Waals surface area contributed by atoms with Crippen molar-refractivity contribution in [1.29, 1.82) is 0 Å². The number of rotatable bonds is 5. The van der Waals surface area contributed by atoms with Gasteiger partial charge < -0.3 is 20.0 Å². The van der Waals surface area contributed by atoms with Crippen molar-refractivity contribution in [3.63, 3.8) is 0 Å².